The minimum absolute atomic E-state index is 0.0643. The fourth-order valence-corrected chi connectivity index (χ4v) is 2.67. The van der Waals surface area contributed by atoms with Crippen LogP contribution in [0.3, 0.4) is 0 Å². The van der Waals surface area contributed by atoms with E-state index in [-0.39, 0.29) is 11.4 Å². The van der Waals surface area contributed by atoms with Crippen LogP contribution in [0.2, 0.25) is 0 Å². The third-order valence-electron chi connectivity index (χ3n) is 2.93. The molecule has 0 saturated carbocycles. The predicted octanol–water partition coefficient (Wildman–Crippen LogP) is 2.02. The van der Waals surface area contributed by atoms with Gasteiger partial charge in [0.1, 0.15) is 5.82 Å². The monoisotopic (exact) mass is 310 g/mol. The van der Waals surface area contributed by atoms with Crippen molar-refractivity contribution in [2.75, 3.05) is 7.11 Å². The van der Waals surface area contributed by atoms with Gasteiger partial charge in [0.15, 0.2) is 0 Å². The largest absolute Gasteiger partial charge is 0.481 e. The first-order chi connectivity index (χ1) is 9.92. The first-order valence-corrected chi connectivity index (χ1v) is 7.65. The quantitative estimate of drug-likeness (QED) is 0.917. The zero-order chi connectivity index (χ0) is 15.5. The molecule has 0 bridgehead atoms. The molecule has 1 aromatic carbocycles. The lowest BCUT2D eigenvalue weighted by Gasteiger charge is -2.08. The van der Waals surface area contributed by atoms with Crippen LogP contribution in [0.5, 0.6) is 5.88 Å². The summed E-state index contributed by atoms with van der Waals surface area (Å²) >= 11 is 0. The molecule has 2 rings (SSSR count). The van der Waals surface area contributed by atoms with Crippen LogP contribution in [0, 0.1) is 12.7 Å². The molecule has 0 radical (unpaired) electrons. The summed E-state index contributed by atoms with van der Waals surface area (Å²) in [5.74, 6) is -0.105. The summed E-state index contributed by atoms with van der Waals surface area (Å²) in [4.78, 5) is 3.87. The van der Waals surface area contributed by atoms with Crippen LogP contribution in [-0.4, -0.2) is 20.5 Å². The summed E-state index contributed by atoms with van der Waals surface area (Å²) in [5.41, 5.74) is 1.07. The van der Waals surface area contributed by atoms with E-state index in [1.807, 2.05) is 0 Å². The van der Waals surface area contributed by atoms with Crippen molar-refractivity contribution in [3.05, 3.63) is 53.5 Å². The summed E-state index contributed by atoms with van der Waals surface area (Å²) in [5, 5.41) is 0. The molecule has 0 amide bonds. The molecular weight excluding hydrogens is 295 g/mol. The van der Waals surface area contributed by atoms with E-state index in [0.717, 1.165) is 6.07 Å². The number of hydrogen-bond acceptors (Lipinski definition) is 4. The molecule has 7 heteroatoms. The van der Waals surface area contributed by atoms with E-state index in [9.17, 15) is 12.8 Å². The van der Waals surface area contributed by atoms with E-state index in [1.54, 1.807) is 19.1 Å². The molecular formula is C14H15FN2O3S. The van der Waals surface area contributed by atoms with Crippen molar-refractivity contribution < 1.29 is 17.5 Å². The molecule has 112 valence electrons. The van der Waals surface area contributed by atoms with Crippen molar-refractivity contribution in [3.63, 3.8) is 0 Å². The standard InChI is InChI=1S/C14H15FN2O3S/c1-10-3-5-12(7-13(10)15)21(18,19)17-9-11-4-6-14(20-2)16-8-11/h3-8,17H,9H2,1-2H3. The Morgan fingerprint density at radius 1 is 1.29 bits per heavy atom. The number of pyridine rings is 1. The summed E-state index contributed by atoms with van der Waals surface area (Å²) in [7, 11) is -2.27. The van der Waals surface area contributed by atoms with Gasteiger partial charge in [-0.05, 0) is 30.2 Å². The van der Waals surface area contributed by atoms with Crippen LogP contribution in [0.4, 0.5) is 4.39 Å². The highest BCUT2D eigenvalue weighted by Crippen LogP contribution is 2.14. The molecule has 0 atom stereocenters. The van der Waals surface area contributed by atoms with Gasteiger partial charge in [-0.15, -0.1) is 0 Å². The second kappa shape index (κ2) is 6.19. The Morgan fingerprint density at radius 2 is 2.05 bits per heavy atom. The fraction of sp³-hybridized carbons (Fsp3) is 0.214. The van der Waals surface area contributed by atoms with Crippen LogP contribution in [0.15, 0.2) is 41.4 Å². The zero-order valence-electron chi connectivity index (χ0n) is 11.6. The van der Waals surface area contributed by atoms with Gasteiger partial charge in [-0.1, -0.05) is 12.1 Å². The minimum Gasteiger partial charge on any atom is -0.481 e. The summed E-state index contributed by atoms with van der Waals surface area (Å²) < 4.78 is 44.9. The molecule has 0 aliphatic rings. The van der Waals surface area contributed by atoms with Crippen LogP contribution in [0.1, 0.15) is 11.1 Å². The van der Waals surface area contributed by atoms with Gasteiger partial charge in [0.25, 0.3) is 0 Å². The van der Waals surface area contributed by atoms with Crippen LogP contribution < -0.4 is 9.46 Å². The number of hydrogen-bond donors (Lipinski definition) is 1. The molecule has 1 heterocycles. The Bertz CT molecular complexity index is 730. The van der Waals surface area contributed by atoms with Gasteiger partial charge in [0.2, 0.25) is 15.9 Å². The van der Waals surface area contributed by atoms with E-state index < -0.39 is 15.8 Å². The Morgan fingerprint density at radius 3 is 2.62 bits per heavy atom. The van der Waals surface area contributed by atoms with Crippen LogP contribution >= 0.6 is 0 Å². The second-order valence-corrected chi connectivity index (χ2v) is 6.21. The lowest BCUT2D eigenvalue weighted by Crippen LogP contribution is -2.23. The van der Waals surface area contributed by atoms with Gasteiger partial charge in [0.05, 0.1) is 12.0 Å². The normalized spacial score (nSPS) is 11.4. The third-order valence-corrected chi connectivity index (χ3v) is 4.33. The van der Waals surface area contributed by atoms with Gasteiger partial charge < -0.3 is 4.74 Å². The van der Waals surface area contributed by atoms with Gasteiger partial charge in [-0.3, -0.25) is 0 Å². The summed E-state index contributed by atoms with van der Waals surface area (Å²) in [6.07, 6.45) is 1.51. The first kappa shape index (κ1) is 15.4. The molecule has 1 aromatic heterocycles. The molecule has 0 spiro atoms. The maximum atomic E-state index is 13.4. The van der Waals surface area contributed by atoms with Gasteiger partial charge in [-0.2, -0.15) is 0 Å². The zero-order valence-corrected chi connectivity index (χ0v) is 12.4. The summed E-state index contributed by atoms with van der Waals surface area (Å²) in [6, 6.07) is 7.13. The second-order valence-electron chi connectivity index (χ2n) is 4.44. The van der Waals surface area contributed by atoms with E-state index in [1.165, 1.54) is 25.4 Å². The topological polar surface area (TPSA) is 68.3 Å². The molecule has 0 aliphatic carbocycles. The van der Waals surface area contributed by atoms with Crippen molar-refractivity contribution in [1.82, 2.24) is 9.71 Å². The molecule has 2 aromatic rings. The molecule has 0 unspecified atom stereocenters. The maximum absolute atomic E-state index is 13.4. The smallest absolute Gasteiger partial charge is 0.240 e. The third kappa shape index (κ3) is 3.77. The highest BCUT2D eigenvalue weighted by molar-refractivity contribution is 7.89. The number of nitrogens with zero attached hydrogens (tertiary/aromatic N) is 1. The number of aryl methyl sites for hydroxylation is 1. The van der Waals surface area contributed by atoms with E-state index in [4.69, 9.17) is 4.74 Å². The van der Waals surface area contributed by atoms with E-state index in [2.05, 4.69) is 9.71 Å². The maximum Gasteiger partial charge on any atom is 0.240 e. The van der Waals surface area contributed by atoms with Crippen LogP contribution in [0.25, 0.3) is 0 Å². The highest BCUT2D eigenvalue weighted by Gasteiger charge is 2.15. The lowest BCUT2D eigenvalue weighted by atomic mass is 10.2. The number of methoxy groups -OCH3 is 1. The van der Waals surface area contributed by atoms with Gasteiger partial charge in [0, 0.05) is 18.8 Å². The van der Waals surface area contributed by atoms with Gasteiger partial charge >= 0.3 is 0 Å². The van der Waals surface area contributed by atoms with Crippen molar-refractivity contribution in [2.45, 2.75) is 18.4 Å². The molecule has 0 saturated heterocycles. The summed E-state index contributed by atoms with van der Waals surface area (Å²) in [6.45, 7) is 1.64. The van der Waals surface area contributed by atoms with E-state index in [0.29, 0.717) is 17.0 Å². The van der Waals surface area contributed by atoms with E-state index >= 15 is 0 Å². The number of nitrogens with one attached hydrogen (secondary N) is 1. The van der Waals surface area contributed by atoms with Gasteiger partial charge in [-0.25, -0.2) is 22.5 Å². The molecule has 0 aliphatic heterocycles. The molecule has 1 N–H and O–H groups in total. The predicted molar refractivity (Wildman–Crippen MR) is 76.0 cm³/mol. The number of benzene rings is 1. The SMILES string of the molecule is COc1ccc(CNS(=O)(=O)c2ccc(C)c(F)c2)cn1. The number of sulfonamides is 1. The Hall–Kier alpha value is -1.99. The number of rotatable bonds is 5. The Labute approximate surface area is 122 Å². The van der Waals surface area contributed by atoms with Crippen molar-refractivity contribution in [1.29, 1.82) is 0 Å². The number of halogens is 1. The minimum atomic E-state index is -3.76. The van der Waals surface area contributed by atoms with Crippen molar-refractivity contribution in [3.8, 4) is 5.88 Å². The Kier molecular flexibility index (Phi) is 4.54. The Balaban J connectivity index is 2.11. The number of aromatic nitrogens is 1. The lowest BCUT2D eigenvalue weighted by molar-refractivity contribution is 0.397. The van der Waals surface area contributed by atoms with Crippen LogP contribution in [-0.2, 0) is 16.6 Å². The fourth-order valence-electron chi connectivity index (χ4n) is 1.64. The average Bonchev–Trinajstić information content (AvgIpc) is 2.48. The number of ether oxygens (including phenoxy) is 1. The first-order valence-electron chi connectivity index (χ1n) is 6.17. The average molecular weight is 310 g/mol. The van der Waals surface area contributed by atoms with Crippen molar-refractivity contribution in [2.24, 2.45) is 0 Å². The molecule has 0 fully saturated rings. The molecule has 5 nitrogen and oxygen atoms in total. The van der Waals surface area contributed by atoms with Crippen molar-refractivity contribution >= 4 is 10.0 Å². The highest BCUT2D eigenvalue weighted by atomic mass is 32.2. The molecule has 21 heavy (non-hydrogen) atoms.